The molecule has 108 valence electrons. The van der Waals surface area contributed by atoms with Crippen molar-refractivity contribution in [3.63, 3.8) is 0 Å². The minimum absolute atomic E-state index is 0.0792. The van der Waals surface area contributed by atoms with E-state index < -0.39 is 0 Å². The van der Waals surface area contributed by atoms with Gasteiger partial charge in [-0.05, 0) is 24.3 Å². The maximum atomic E-state index is 11.6. The van der Waals surface area contributed by atoms with Crippen LogP contribution < -0.4 is 5.32 Å². The first-order valence-corrected chi connectivity index (χ1v) is 7.95. The average Bonchev–Trinajstić information content (AvgIpc) is 2.92. The van der Waals surface area contributed by atoms with E-state index in [-0.39, 0.29) is 12.0 Å². The number of hydrogen-bond donors (Lipinski definition) is 1. The Bertz CT molecular complexity index is 345. The monoisotopic (exact) mass is 283 g/mol. The predicted molar refractivity (Wildman–Crippen MR) is 80.4 cm³/mol. The van der Waals surface area contributed by atoms with Gasteiger partial charge in [0.05, 0.1) is 19.6 Å². The van der Waals surface area contributed by atoms with Crippen LogP contribution in [-0.2, 0) is 9.53 Å². The lowest BCUT2D eigenvalue weighted by Crippen LogP contribution is -2.33. The van der Waals surface area contributed by atoms with Gasteiger partial charge in [-0.3, -0.25) is 4.79 Å². The Morgan fingerprint density at radius 1 is 1.37 bits per heavy atom. The molecular weight excluding hydrogens is 258 g/mol. The Morgan fingerprint density at radius 2 is 2.05 bits per heavy atom. The molecule has 0 spiro atoms. The van der Waals surface area contributed by atoms with Gasteiger partial charge in [0, 0.05) is 10.9 Å². The highest BCUT2D eigenvalue weighted by molar-refractivity contribution is 7.10. The summed E-state index contributed by atoms with van der Waals surface area (Å²) in [6.45, 7) is 4.40. The Labute approximate surface area is 120 Å². The lowest BCUT2D eigenvalue weighted by Gasteiger charge is -2.24. The SMILES string of the molecule is CCCC(CCC)NC(CC(=O)OC)c1cccs1. The number of esters is 1. The fraction of sp³-hybridized carbons (Fsp3) is 0.667. The zero-order chi connectivity index (χ0) is 14.1. The number of thiophene rings is 1. The molecule has 0 aliphatic carbocycles. The van der Waals surface area contributed by atoms with Crippen molar-refractivity contribution in [2.24, 2.45) is 0 Å². The number of rotatable bonds is 9. The van der Waals surface area contributed by atoms with Crippen LogP contribution in [0.1, 0.15) is 56.9 Å². The van der Waals surface area contributed by atoms with Gasteiger partial charge in [-0.1, -0.05) is 32.8 Å². The summed E-state index contributed by atoms with van der Waals surface area (Å²) in [6.07, 6.45) is 5.02. The minimum Gasteiger partial charge on any atom is -0.469 e. The standard InChI is InChI=1S/C15H25NO2S/c1-4-7-12(8-5-2)16-13(11-15(17)18-3)14-9-6-10-19-14/h6,9-10,12-13,16H,4-5,7-8,11H2,1-3H3. The van der Waals surface area contributed by atoms with E-state index in [2.05, 4.69) is 30.6 Å². The zero-order valence-corrected chi connectivity index (χ0v) is 13.0. The molecule has 1 unspecified atom stereocenters. The van der Waals surface area contributed by atoms with Crippen LogP contribution in [-0.4, -0.2) is 19.1 Å². The topological polar surface area (TPSA) is 38.3 Å². The third-order valence-corrected chi connectivity index (χ3v) is 4.18. The van der Waals surface area contributed by atoms with Gasteiger partial charge in [0.25, 0.3) is 0 Å². The van der Waals surface area contributed by atoms with Crippen LogP contribution in [0.15, 0.2) is 17.5 Å². The molecule has 19 heavy (non-hydrogen) atoms. The van der Waals surface area contributed by atoms with Crippen LogP contribution in [0.3, 0.4) is 0 Å². The van der Waals surface area contributed by atoms with Crippen LogP contribution in [0.25, 0.3) is 0 Å². The first-order valence-electron chi connectivity index (χ1n) is 7.07. The third-order valence-electron chi connectivity index (χ3n) is 3.20. The van der Waals surface area contributed by atoms with Gasteiger partial charge in [0.15, 0.2) is 0 Å². The largest absolute Gasteiger partial charge is 0.469 e. The first kappa shape index (κ1) is 16.2. The van der Waals surface area contributed by atoms with E-state index in [1.165, 1.54) is 12.0 Å². The van der Waals surface area contributed by atoms with Gasteiger partial charge >= 0.3 is 5.97 Å². The van der Waals surface area contributed by atoms with Crippen LogP contribution in [0, 0.1) is 0 Å². The molecule has 0 aliphatic heterocycles. The van der Waals surface area contributed by atoms with Gasteiger partial charge < -0.3 is 10.1 Å². The lowest BCUT2D eigenvalue weighted by molar-refractivity contribution is -0.141. The second-order valence-corrected chi connectivity index (χ2v) is 5.77. The Hall–Kier alpha value is -0.870. The van der Waals surface area contributed by atoms with Crippen molar-refractivity contribution >= 4 is 17.3 Å². The second-order valence-electron chi connectivity index (χ2n) is 4.79. The van der Waals surface area contributed by atoms with Gasteiger partial charge in [0.2, 0.25) is 0 Å². The predicted octanol–water partition coefficient (Wildman–Crippen LogP) is 3.91. The highest BCUT2D eigenvalue weighted by Gasteiger charge is 2.20. The van der Waals surface area contributed by atoms with Crippen molar-refractivity contribution in [3.05, 3.63) is 22.4 Å². The van der Waals surface area contributed by atoms with Crippen LogP contribution >= 0.6 is 11.3 Å². The smallest absolute Gasteiger partial charge is 0.307 e. The molecule has 0 aliphatic rings. The van der Waals surface area contributed by atoms with E-state index in [4.69, 9.17) is 4.74 Å². The van der Waals surface area contributed by atoms with Gasteiger partial charge in [-0.25, -0.2) is 0 Å². The molecular formula is C15H25NO2S. The Balaban J connectivity index is 2.69. The summed E-state index contributed by atoms with van der Waals surface area (Å²) in [6, 6.07) is 4.67. The fourth-order valence-electron chi connectivity index (χ4n) is 2.27. The number of carbonyl (C=O) groups excluding carboxylic acids is 1. The summed E-state index contributed by atoms with van der Waals surface area (Å²) in [5.74, 6) is -0.155. The van der Waals surface area contributed by atoms with E-state index in [9.17, 15) is 4.79 Å². The van der Waals surface area contributed by atoms with Crippen LogP contribution in [0.5, 0.6) is 0 Å². The average molecular weight is 283 g/mol. The molecule has 1 aromatic heterocycles. The third kappa shape index (κ3) is 5.74. The highest BCUT2D eigenvalue weighted by atomic mass is 32.1. The first-order chi connectivity index (χ1) is 9.21. The number of hydrogen-bond acceptors (Lipinski definition) is 4. The normalized spacial score (nSPS) is 12.6. The minimum atomic E-state index is -0.155. The molecule has 1 aromatic rings. The van der Waals surface area contributed by atoms with E-state index in [0.29, 0.717) is 12.5 Å². The molecule has 1 heterocycles. The lowest BCUT2D eigenvalue weighted by atomic mass is 10.0. The van der Waals surface area contributed by atoms with Crippen molar-refractivity contribution in [1.82, 2.24) is 5.32 Å². The number of carbonyl (C=O) groups is 1. The number of nitrogens with one attached hydrogen (secondary N) is 1. The molecule has 1 atom stereocenters. The molecule has 1 rings (SSSR count). The molecule has 0 bridgehead atoms. The van der Waals surface area contributed by atoms with Gasteiger partial charge in [0.1, 0.15) is 0 Å². The van der Waals surface area contributed by atoms with Gasteiger partial charge in [-0.2, -0.15) is 0 Å². The Kier molecular flexibility index (Phi) is 7.75. The molecule has 3 nitrogen and oxygen atoms in total. The molecule has 0 fully saturated rings. The molecule has 0 aromatic carbocycles. The summed E-state index contributed by atoms with van der Waals surface area (Å²) in [5.41, 5.74) is 0. The summed E-state index contributed by atoms with van der Waals surface area (Å²) in [5, 5.41) is 5.68. The summed E-state index contributed by atoms with van der Waals surface area (Å²) in [7, 11) is 1.45. The zero-order valence-electron chi connectivity index (χ0n) is 12.1. The molecule has 4 heteroatoms. The van der Waals surface area contributed by atoms with Crippen LogP contribution in [0.4, 0.5) is 0 Å². The van der Waals surface area contributed by atoms with Crippen LogP contribution in [0.2, 0.25) is 0 Å². The van der Waals surface area contributed by atoms with Crippen molar-refractivity contribution < 1.29 is 9.53 Å². The highest BCUT2D eigenvalue weighted by Crippen LogP contribution is 2.24. The molecule has 0 radical (unpaired) electrons. The van der Waals surface area contributed by atoms with Crippen molar-refractivity contribution in [1.29, 1.82) is 0 Å². The second kappa shape index (κ2) is 9.10. The quantitative estimate of drug-likeness (QED) is 0.698. The van der Waals surface area contributed by atoms with E-state index in [1.54, 1.807) is 11.3 Å². The molecule has 0 amide bonds. The molecule has 0 saturated carbocycles. The summed E-state index contributed by atoms with van der Waals surface area (Å²) in [4.78, 5) is 12.8. The Morgan fingerprint density at radius 3 is 2.53 bits per heavy atom. The van der Waals surface area contributed by atoms with Crippen molar-refractivity contribution in [2.75, 3.05) is 7.11 Å². The van der Waals surface area contributed by atoms with Gasteiger partial charge in [-0.15, -0.1) is 11.3 Å². The summed E-state index contributed by atoms with van der Waals surface area (Å²) < 4.78 is 4.81. The maximum Gasteiger partial charge on any atom is 0.307 e. The van der Waals surface area contributed by atoms with E-state index in [1.807, 2.05) is 6.07 Å². The van der Waals surface area contributed by atoms with E-state index in [0.717, 1.165) is 25.7 Å². The van der Waals surface area contributed by atoms with Crippen molar-refractivity contribution in [2.45, 2.75) is 58.0 Å². The number of methoxy groups -OCH3 is 1. The molecule has 0 saturated heterocycles. The van der Waals surface area contributed by atoms with Crippen molar-refractivity contribution in [3.8, 4) is 0 Å². The molecule has 1 N–H and O–H groups in total. The maximum absolute atomic E-state index is 11.6. The number of ether oxygens (including phenoxy) is 1. The van der Waals surface area contributed by atoms with E-state index >= 15 is 0 Å². The fourth-order valence-corrected chi connectivity index (χ4v) is 3.06. The summed E-state index contributed by atoms with van der Waals surface area (Å²) >= 11 is 1.69.